The van der Waals surface area contributed by atoms with Gasteiger partial charge in [-0.05, 0) is 56.5 Å². The molecule has 0 bridgehead atoms. The van der Waals surface area contributed by atoms with Gasteiger partial charge in [-0.25, -0.2) is 10.0 Å². The maximum absolute atomic E-state index is 3.38. The molecule has 0 radical (unpaired) electrons. The van der Waals surface area contributed by atoms with Crippen molar-refractivity contribution in [3.05, 3.63) is 30.0 Å². The fourth-order valence-electron chi connectivity index (χ4n) is 2.07. The Morgan fingerprint density at radius 2 is 2.00 bits per heavy atom. The van der Waals surface area contributed by atoms with E-state index in [-0.39, 0.29) is 0 Å². The number of benzene rings is 1. The van der Waals surface area contributed by atoms with Crippen LogP contribution in [0.2, 0.25) is 0 Å². The highest BCUT2D eigenvalue weighted by atomic mass is 32.3. The zero-order valence-corrected chi connectivity index (χ0v) is 11.9. The van der Waals surface area contributed by atoms with Gasteiger partial charge in [-0.1, -0.05) is 6.07 Å². The van der Waals surface area contributed by atoms with E-state index in [1.165, 1.54) is 21.4 Å². The van der Waals surface area contributed by atoms with Crippen molar-refractivity contribution >= 4 is 20.9 Å². The molecule has 2 nitrogen and oxygen atoms in total. The number of likely N-dealkylation sites (N-methyl/N-ethyl adjacent to an activating group) is 1. The number of aromatic amines is 1. The van der Waals surface area contributed by atoms with Crippen LogP contribution in [-0.2, 0) is 6.42 Å². The average Bonchev–Trinajstić information content (AvgIpc) is 2.68. The van der Waals surface area contributed by atoms with Gasteiger partial charge in [0.1, 0.15) is 0 Å². The minimum atomic E-state index is -0.670. The molecule has 0 saturated carbocycles. The van der Waals surface area contributed by atoms with Gasteiger partial charge in [-0.2, -0.15) is 0 Å². The van der Waals surface area contributed by atoms with Crippen LogP contribution in [0, 0.1) is 0 Å². The van der Waals surface area contributed by atoms with Gasteiger partial charge in [-0.15, -0.1) is 0 Å². The SMILES string of the molecule is CNCCc1ccc2[nH]cc(S(C)(C)C)c2c1. The minimum absolute atomic E-state index is 0.670. The summed E-state index contributed by atoms with van der Waals surface area (Å²) in [5, 5.41) is 4.60. The van der Waals surface area contributed by atoms with Gasteiger partial charge in [0.25, 0.3) is 0 Å². The Kier molecular flexibility index (Phi) is 3.50. The lowest BCUT2D eigenvalue weighted by Gasteiger charge is -2.24. The molecule has 0 saturated heterocycles. The Bertz CT molecular complexity index is 508. The molecular weight excluding hydrogens is 228 g/mol. The van der Waals surface area contributed by atoms with Crippen LogP contribution in [0.4, 0.5) is 0 Å². The molecule has 0 amide bonds. The molecule has 1 heterocycles. The molecule has 94 valence electrons. The maximum atomic E-state index is 3.38. The summed E-state index contributed by atoms with van der Waals surface area (Å²) >= 11 is 0. The van der Waals surface area contributed by atoms with Crippen LogP contribution in [0.25, 0.3) is 10.9 Å². The lowest BCUT2D eigenvalue weighted by atomic mass is 10.1. The van der Waals surface area contributed by atoms with E-state index < -0.39 is 10.0 Å². The van der Waals surface area contributed by atoms with Crippen LogP contribution in [0.5, 0.6) is 0 Å². The van der Waals surface area contributed by atoms with Crippen molar-refractivity contribution in [2.45, 2.75) is 11.3 Å². The quantitative estimate of drug-likeness (QED) is 0.858. The number of H-pyrrole nitrogens is 1. The van der Waals surface area contributed by atoms with E-state index in [0.717, 1.165) is 13.0 Å². The second-order valence-corrected chi connectivity index (χ2v) is 9.34. The van der Waals surface area contributed by atoms with E-state index in [2.05, 4.69) is 53.5 Å². The molecule has 2 aromatic rings. The van der Waals surface area contributed by atoms with Crippen molar-refractivity contribution in [1.29, 1.82) is 0 Å². The third kappa shape index (κ3) is 2.67. The van der Waals surface area contributed by atoms with Crippen LogP contribution in [0.3, 0.4) is 0 Å². The number of aromatic nitrogens is 1. The summed E-state index contributed by atoms with van der Waals surface area (Å²) in [6.45, 7) is 1.04. The van der Waals surface area contributed by atoms with Crippen LogP contribution in [0.15, 0.2) is 29.3 Å². The van der Waals surface area contributed by atoms with Gasteiger partial charge >= 0.3 is 0 Å². The average molecular weight is 250 g/mol. The largest absolute Gasteiger partial charge is 0.360 e. The number of rotatable bonds is 4. The first kappa shape index (κ1) is 12.5. The molecule has 0 unspecified atom stereocenters. The van der Waals surface area contributed by atoms with Gasteiger partial charge in [-0.3, -0.25) is 0 Å². The smallest absolute Gasteiger partial charge is 0.0465 e. The van der Waals surface area contributed by atoms with Crippen molar-refractivity contribution in [2.24, 2.45) is 0 Å². The van der Waals surface area contributed by atoms with E-state index in [0.29, 0.717) is 0 Å². The standard InChI is InChI=1S/C14H22N2S/c1-15-8-7-11-5-6-13-12(9-11)14(10-16-13)17(2,3)4/h5-6,9-10,15-16H,7-8H2,1-4H3. The van der Waals surface area contributed by atoms with Crippen molar-refractivity contribution in [3.8, 4) is 0 Å². The second-order valence-electron chi connectivity index (χ2n) is 5.22. The topological polar surface area (TPSA) is 27.8 Å². The summed E-state index contributed by atoms with van der Waals surface area (Å²) < 4.78 is 0. The first-order valence-electron chi connectivity index (χ1n) is 5.95. The van der Waals surface area contributed by atoms with Crippen molar-refractivity contribution < 1.29 is 0 Å². The highest BCUT2D eigenvalue weighted by Gasteiger charge is 2.13. The summed E-state index contributed by atoms with van der Waals surface area (Å²) in [5.74, 6) is 0. The summed E-state index contributed by atoms with van der Waals surface area (Å²) in [4.78, 5) is 4.87. The summed E-state index contributed by atoms with van der Waals surface area (Å²) in [7, 11) is 1.33. The molecule has 0 aliphatic heterocycles. The summed E-state index contributed by atoms with van der Waals surface area (Å²) in [6.07, 6.45) is 10.3. The Labute approximate surface area is 105 Å². The molecule has 2 N–H and O–H groups in total. The zero-order chi connectivity index (χ0) is 12.5. The predicted octanol–water partition coefficient (Wildman–Crippen LogP) is 2.98. The first-order chi connectivity index (χ1) is 8.02. The van der Waals surface area contributed by atoms with E-state index in [1.807, 2.05) is 7.05 Å². The lowest BCUT2D eigenvalue weighted by Crippen LogP contribution is -2.10. The maximum Gasteiger partial charge on any atom is 0.0465 e. The van der Waals surface area contributed by atoms with Crippen molar-refractivity contribution in [2.75, 3.05) is 32.4 Å². The van der Waals surface area contributed by atoms with E-state index in [4.69, 9.17) is 0 Å². The monoisotopic (exact) mass is 250 g/mol. The molecule has 1 aromatic heterocycles. The second kappa shape index (κ2) is 4.75. The normalized spacial score (nSPS) is 13.2. The molecule has 0 aliphatic carbocycles. The van der Waals surface area contributed by atoms with Crippen molar-refractivity contribution in [3.63, 3.8) is 0 Å². The van der Waals surface area contributed by atoms with Crippen LogP contribution in [-0.4, -0.2) is 37.3 Å². The molecular formula is C14H22N2S. The first-order valence-corrected chi connectivity index (χ1v) is 8.81. The van der Waals surface area contributed by atoms with Crippen LogP contribution in [0.1, 0.15) is 5.56 Å². The Morgan fingerprint density at radius 3 is 2.65 bits per heavy atom. The lowest BCUT2D eigenvalue weighted by molar-refractivity contribution is 0.792. The van der Waals surface area contributed by atoms with Crippen LogP contribution < -0.4 is 5.32 Å². The third-order valence-electron chi connectivity index (χ3n) is 3.03. The van der Waals surface area contributed by atoms with Gasteiger partial charge in [0.15, 0.2) is 0 Å². The Hall–Kier alpha value is -0.930. The van der Waals surface area contributed by atoms with Gasteiger partial charge in [0.2, 0.25) is 0 Å². The number of hydrogen-bond donors (Lipinski definition) is 2. The molecule has 17 heavy (non-hydrogen) atoms. The minimum Gasteiger partial charge on any atom is -0.360 e. The van der Waals surface area contributed by atoms with E-state index >= 15 is 0 Å². The molecule has 2 rings (SSSR count). The summed E-state index contributed by atoms with van der Waals surface area (Å²) in [5.41, 5.74) is 2.67. The van der Waals surface area contributed by atoms with E-state index in [1.54, 1.807) is 0 Å². The molecule has 3 heteroatoms. The molecule has 0 fully saturated rings. The Morgan fingerprint density at radius 1 is 1.24 bits per heavy atom. The number of hydrogen-bond acceptors (Lipinski definition) is 1. The van der Waals surface area contributed by atoms with Gasteiger partial charge in [0, 0.05) is 22.0 Å². The van der Waals surface area contributed by atoms with Crippen LogP contribution >= 0.6 is 10.0 Å². The molecule has 0 atom stereocenters. The Balaban J connectivity index is 2.43. The number of nitrogens with one attached hydrogen (secondary N) is 2. The zero-order valence-electron chi connectivity index (χ0n) is 11.1. The van der Waals surface area contributed by atoms with Gasteiger partial charge < -0.3 is 10.3 Å². The van der Waals surface area contributed by atoms with Gasteiger partial charge in [0.05, 0.1) is 0 Å². The fourth-order valence-corrected chi connectivity index (χ4v) is 3.31. The predicted molar refractivity (Wildman–Crippen MR) is 79.6 cm³/mol. The molecule has 1 aromatic carbocycles. The highest BCUT2D eigenvalue weighted by Crippen LogP contribution is 2.48. The third-order valence-corrected chi connectivity index (χ3v) is 4.69. The van der Waals surface area contributed by atoms with Crippen molar-refractivity contribution in [1.82, 2.24) is 10.3 Å². The number of fused-ring (bicyclic) bond motifs is 1. The molecule has 0 spiro atoms. The molecule has 0 aliphatic rings. The summed E-state index contributed by atoms with van der Waals surface area (Å²) in [6, 6.07) is 6.77. The highest BCUT2D eigenvalue weighted by molar-refractivity contribution is 8.32. The van der Waals surface area contributed by atoms with E-state index in [9.17, 15) is 0 Å². The fraction of sp³-hybridized carbons (Fsp3) is 0.429.